The van der Waals surface area contributed by atoms with Crippen molar-refractivity contribution in [2.75, 3.05) is 19.0 Å². The van der Waals surface area contributed by atoms with Crippen molar-refractivity contribution in [1.82, 2.24) is 9.97 Å². The lowest BCUT2D eigenvalue weighted by atomic mass is 10.3. The van der Waals surface area contributed by atoms with Gasteiger partial charge in [0.1, 0.15) is 28.1 Å². The molecule has 20 heavy (non-hydrogen) atoms. The zero-order valence-corrected chi connectivity index (χ0v) is 13.0. The van der Waals surface area contributed by atoms with E-state index in [0.29, 0.717) is 28.5 Å². The summed E-state index contributed by atoms with van der Waals surface area (Å²) in [6.45, 7) is 2.78. The molecule has 106 valence electrons. The minimum absolute atomic E-state index is 0.464. The van der Waals surface area contributed by atoms with Gasteiger partial charge in [-0.1, -0.05) is 6.92 Å². The molecule has 0 spiro atoms. The van der Waals surface area contributed by atoms with E-state index in [4.69, 9.17) is 9.47 Å². The first kappa shape index (κ1) is 14.6. The molecule has 0 unspecified atom stereocenters. The molecule has 0 saturated heterocycles. The standard InChI is InChI=1S/C14H16BrN3O2/c1-3-8-19-10-4-6-11(7-5-10)20-14-12(15)13(16-2)17-9-18-14/h4-7,9H,3,8H2,1-2H3,(H,16,17,18). The van der Waals surface area contributed by atoms with Crippen LogP contribution in [0.25, 0.3) is 0 Å². The van der Waals surface area contributed by atoms with Crippen molar-refractivity contribution in [1.29, 1.82) is 0 Å². The molecule has 0 aliphatic rings. The Morgan fingerprint density at radius 1 is 1.15 bits per heavy atom. The number of hydrogen-bond acceptors (Lipinski definition) is 5. The van der Waals surface area contributed by atoms with Crippen molar-refractivity contribution in [2.45, 2.75) is 13.3 Å². The zero-order valence-electron chi connectivity index (χ0n) is 11.4. The Morgan fingerprint density at radius 3 is 2.50 bits per heavy atom. The molecule has 1 aromatic carbocycles. The SMILES string of the molecule is CCCOc1ccc(Oc2ncnc(NC)c2Br)cc1. The van der Waals surface area contributed by atoms with Gasteiger partial charge in [-0.3, -0.25) is 0 Å². The van der Waals surface area contributed by atoms with Crippen LogP contribution in [0.4, 0.5) is 5.82 Å². The van der Waals surface area contributed by atoms with Crippen LogP contribution in [-0.2, 0) is 0 Å². The predicted molar refractivity (Wildman–Crippen MR) is 81.6 cm³/mol. The first-order chi connectivity index (χ1) is 9.74. The molecule has 0 fully saturated rings. The third-order valence-electron chi connectivity index (χ3n) is 2.51. The number of halogens is 1. The average Bonchev–Trinajstić information content (AvgIpc) is 2.48. The number of hydrogen-bond donors (Lipinski definition) is 1. The molecule has 1 heterocycles. The van der Waals surface area contributed by atoms with E-state index in [1.807, 2.05) is 24.3 Å². The average molecular weight is 338 g/mol. The third-order valence-corrected chi connectivity index (χ3v) is 3.22. The third kappa shape index (κ3) is 3.60. The lowest BCUT2D eigenvalue weighted by molar-refractivity contribution is 0.317. The van der Waals surface area contributed by atoms with Crippen molar-refractivity contribution in [3.63, 3.8) is 0 Å². The van der Waals surface area contributed by atoms with E-state index in [2.05, 4.69) is 38.1 Å². The number of anilines is 1. The van der Waals surface area contributed by atoms with Gasteiger partial charge in [-0.25, -0.2) is 9.97 Å². The van der Waals surface area contributed by atoms with Crippen LogP contribution in [0.2, 0.25) is 0 Å². The van der Waals surface area contributed by atoms with E-state index < -0.39 is 0 Å². The van der Waals surface area contributed by atoms with Crippen LogP contribution in [0.15, 0.2) is 35.1 Å². The Bertz CT molecular complexity index is 561. The summed E-state index contributed by atoms with van der Waals surface area (Å²) in [4.78, 5) is 8.18. The van der Waals surface area contributed by atoms with Crippen LogP contribution in [0, 0.1) is 0 Å². The van der Waals surface area contributed by atoms with Crippen LogP contribution in [-0.4, -0.2) is 23.6 Å². The Morgan fingerprint density at radius 2 is 1.85 bits per heavy atom. The largest absolute Gasteiger partial charge is 0.494 e. The molecule has 5 nitrogen and oxygen atoms in total. The van der Waals surface area contributed by atoms with Crippen LogP contribution >= 0.6 is 15.9 Å². The summed E-state index contributed by atoms with van der Waals surface area (Å²) in [7, 11) is 1.79. The fraction of sp³-hybridized carbons (Fsp3) is 0.286. The molecule has 0 aliphatic carbocycles. The topological polar surface area (TPSA) is 56.3 Å². The van der Waals surface area contributed by atoms with Gasteiger partial charge in [-0.15, -0.1) is 0 Å². The van der Waals surface area contributed by atoms with Crippen molar-refractivity contribution in [3.05, 3.63) is 35.1 Å². The first-order valence-electron chi connectivity index (χ1n) is 6.33. The minimum Gasteiger partial charge on any atom is -0.494 e. The van der Waals surface area contributed by atoms with Gasteiger partial charge >= 0.3 is 0 Å². The molecule has 1 aromatic heterocycles. The van der Waals surface area contributed by atoms with Crippen LogP contribution in [0.1, 0.15) is 13.3 Å². The Balaban J connectivity index is 2.10. The lowest BCUT2D eigenvalue weighted by Gasteiger charge is -2.09. The van der Waals surface area contributed by atoms with Crippen molar-refractivity contribution in [3.8, 4) is 17.4 Å². The molecule has 0 radical (unpaired) electrons. The summed E-state index contributed by atoms with van der Waals surface area (Å²) in [5.74, 6) is 2.66. The van der Waals surface area contributed by atoms with E-state index in [0.717, 1.165) is 12.2 Å². The molecule has 1 N–H and O–H groups in total. The molecule has 0 amide bonds. The highest BCUT2D eigenvalue weighted by molar-refractivity contribution is 9.10. The molecule has 0 bridgehead atoms. The number of ether oxygens (including phenoxy) is 2. The minimum atomic E-state index is 0.464. The van der Waals surface area contributed by atoms with E-state index in [9.17, 15) is 0 Å². The molecular weight excluding hydrogens is 322 g/mol. The number of nitrogens with zero attached hydrogens (tertiary/aromatic N) is 2. The molecule has 0 aliphatic heterocycles. The number of benzene rings is 1. The number of rotatable bonds is 6. The Hall–Kier alpha value is -1.82. The zero-order chi connectivity index (χ0) is 14.4. The maximum atomic E-state index is 5.72. The Kier molecular flexibility index (Phi) is 5.17. The molecule has 6 heteroatoms. The van der Waals surface area contributed by atoms with Gasteiger partial charge in [0, 0.05) is 7.05 Å². The van der Waals surface area contributed by atoms with Crippen molar-refractivity contribution >= 4 is 21.7 Å². The fourth-order valence-electron chi connectivity index (χ4n) is 1.53. The quantitative estimate of drug-likeness (QED) is 0.867. The van der Waals surface area contributed by atoms with Crippen molar-refractivity contribution < 1.29 is 9.47 Å². The molecular formula is C14H16BrN3O2. The highest BCUT2D eigenvalue weighted by Crippen LogP contribution is 2.32. The van der Waals surface area contributed by atoms with Gasteiger partial charge in [-0.2, -0.15) is 0 Å². The van der Waals surface area contributed by atoms with Gasteiger partial charge in [0.15, 0.2) is 0 Å². The second-order valence-electron chi connectivity index (χ2n) is 4.01. The normalized spacial score (nSPS) is 10.2. The van der Waals surface area contributed by atoms with Crippen molar-refractivity contribution in [2.24, 2.45) is 0 Å². The summed E-state index contributed by atoms with van der Waals surface area (Å²) in [6.07, 6.45) is 2.43. The molecule has 0 saturated carbocycles. The van der Waals surface area contributed by atoms with E-state index in [1.165, 1.54) is 6.33 Å². The van der Waals surface area contributed by atoms with Crippen LogP contribution in [0.3, 0.4) is 0 Å². The highest BCUT2D eigenvalue weighted by Gasteiger charge is 2.09. The van der Waals surface area contributed by atoms with E-state index in [1.54, 1.807) is 7.05 Å². The summed E-state index contributed by atoms with van der Waals surface area (Å²) in [6, 6.07) is 7.44. The lowest BCUT2D eigenvalue weighted by Crippen LogP contribution is -1.98. The van der Waals surface area contributed by atoms with Gasteiger partial charge in [-0.05, 0) is 46.6 Å². The molecule has 0 atom stereocenters. The summed E-state index contributed by atoms with van der Waals surface area (Å²) in [5, 5.41) is 2.96. The van der Waals surface area contributed by atoms with E-state index in [-0.39, 0.29) is 0 Å². The number of aromatic nitrogens is 2. The van der Waals surface area contributed by atoms with Gasteiger partial charge < -0.3 is 14.8 Å². The first-order valence-corrected chi connectivity index (χ1v) is 7.13. The van der Waals surface area contributed by atoms with Gasteiger partial charge in [0.25, 0.3) is 0 Å². The number of nitrogens with one attached hydrogen (secondary N) is 1. The van der Waals surface area contributed by atoms with Gasteiger partial charge in [0.2, 0.25) is 5.88 Å². The highest BCUT2D eigenvalue weighted by atomic mass is 79.9. The smallest absolute Gasteiger partial charge is 0.238 e. The second kappa shape index (κ2) is 7.09. The Labute approximate surface area is 126 Å². The van der Waals surface area contributed by atoms with Crippen LogP contribution in [0.5, 0.6) is 17.4 Å². The van der Waals surface area contributed by atoms with E-state index >= 15 is 0 Å². The second-order valence-corrected chi connectivity index (χ2v) is 4.81. The molecule has 2 aromatic rings. The summed E-state index contributed by atoms with van der Waals surface area (Å²) < 4.78 is 11.9. The molecule has 2 rings (SSSR count). The predicted octanol–water partition coefficient (Wildman–Crippen LogP) is 3.86. The van der Waals surface area contributed by atoms with Gasteiger partial charge in [0.05, 0.1) is 6.61 Å². The van der Waals surface area contributed by atoms with Crippen LogP contribution < -0.4 is 14.8 Å². The summed E-state index contributed by atoms with van der Waals surface area (Å²) >= 11 is 3.41. The monoisotopic (exact) mass is 337 g/mol. The maximum absolute atomic E-state index is 5.72. The fourth-order valence-corrected chi connectivity index (χ4v) is 2.02. The summed E-state index contributed by atoms with van der Waals surface area (Å²) in [5.41, 5.74) is 0. The maximum Gasteiger partial charge on any atom is 0.238 e.